The number of hydrogen-bond donors (Lipinski definition) is 4. The van der Waals surface area contributed by atoms with Gasteiger partial charge in [0.05, 0.1) is 18.1 Å². The fourth-order valence-electron chi connectivity index (χ4n) is 4.15. The molecule has 4 N–H and O–H groups in total. The molecule has 1 aliphatic carbocycles. The van der Waals surface area contributed by atoms with Gasteiger partial charge in [0.15, 0.2) is 22.1 Å². The molecule has 2 aromatic heterocycles. The smallest absolute Gasteiger partial charge is 0.225 e. The molecule has 4 unspecified atom stereocenters. The van der Waals surface area contributed by atoms with Crippen LogP contribution in [-0.2, 0) is 4.79 Å². The summed E-state index contributed by atoms with van der Waals surface area (Å²) in [6.45, 7) is 4.88. The largest absolute Gasteiger partial charge is 0.390 e. The summed E-state index contributed by atoms with van der Waals surface area (Å²) in [5.41, 5.74) is 2.03. The summed E-state index contributed by atoms with van der Waals surface area (Å²) in [6.07, 6.45) is 2.86. The van der Waals surface area contributed by atoms with Crippen LogP contribution in [0.1, 0.15) is 38.3 Å². The first kappa shape index (κ1) is 25.1. The molecule has 1 aromatic carbocycles. The van der Waals surface area contributed by atoms with E-state index in [0.717, 1.165) is 17.7 Å². The van der Waals surface area contributed by atoms with Crippen molar-refractivity contribution in [2.45, 2.75) is 50.1 Å². The van der Waals surface area contributed by atoms with E-state index in [-0.39, 0.29) is 12.3 Å². The highest BCUT2D eigenvalue weighted by atomic mass is 32.2. The molecule has 0 spiro atoms. The van der Waals surface area contributed by atoms with Gasteiger partial charge in [0.1, 0.15) is 6.10 Å². The van der Waals surface area contributed by atoms with E-state index >= 15 is 0 Å². The second-order valence-corrected chi connectivity index (χ2v) is 9.45. The van der Waals surface area contributed by atoms with Gasteiger partial charge in [-0.25, -0.2) is 14.6 Å². The molecule has 0 bridgehead atoms. The van der Waals surface area contributed by atoms with Gasteiger partial charge in [0.2, 0.25) is 5.91 Å². The lowest BCUT2D eigenvalue weighted by Gasteiger charge is -2.17. The van der Waals surface area contributed by atoms with E-state index in [4.69, 9.17) is 0 Å². The molecule has 10 nitrogen and oxygen atoms in total. The Bertz CT molecular complexity index is 1170. The Balaban J connectivity index is 1.61. The molecule has 0 radical (unpaired) electrons. The van der Waals surface area contributed by atoms with Crippen molar-refractivity contribution in [3.8, 4) is 0 Å². The molecule has 0 aliphatic heterocycles. The van der Waals surface area contributed by atoms with Crippen LogP contribution in [-0.4, -0.2) is 72.1 Å². The van der Waals surface area contributed by atoms with Crippen LogP contribution in [0.3, 0.4) is 0 Å². The van der Waals surface area contributed by atoms with Gasteiger partial charge >= 0.3 is 0 Å². The van der Waals surface area contributed by atoms with Gasteiger partial charge in [-0.3, -0.25) is 4.79 Å². The molecule has 186 valence electrons. The SMILES string of the molecule is CCCSc1nc(NCC=Cc2ccccc2)c2nnn(C3CC(C(=O)NCC)C(O)C3O)c2n1. The monoisotopic (exact) mass is 497 g/mol. The van der Waals surface area contributed by atoms with E-state index in [2.05, 4.69) is 37.8 Å². The standard InChI is InChI=1S/C24H31N7O3S/c1-3-13-35-24-27-21(26-12-8-11-15-9-6-5-7-10-15)18-22(28-24)31(30-29-18)17-14-16(19(32)20(17)33)23(34)25-4-2/h5-11,16-17,19-20,32-33H,3-4,12-14H2,1-2H3,(H,25,34)(H,26,27,28). The number of nitrogens with zero attached hydrogens (tertiary/aromatic N) is 5. The van der Waals surface area contributed by atoms with Gasteiger partial charge in [0, 0.05) is 18.8 Å². The number of amides is 1. The number of aliphatic hydroxyl groups is 2. The Morgan fingerprint density at radius 3 is 2.74 bits per heavy atom. The zero-order chi connectivity index (χ0) is 24.8. The molecular formula is C24H31N7O3S. The number of hydrogen-bond acceptors (Lipinski definition) is 9. The number of benzene rings is 1. The third kappa shape index (κ3) is 5.63. The lowest BCUT2D eigenvalue weighted by molar-refractivity contribution is -0.128. The predicted molar refractivity (Wildman–Crippen MR) is 136 cm³/mol. The molecule has 3 aromatic rings. The summed E-state index contributed by atoms with van der Waals surface area (Å²) in [5.74, 6) is 0.383. The molecule has 1 fully saturated rings. The minimum Gasteiger partial charge on any atom is -0.390 e. The van der Waals surface area contributed by atoms with Crippen molar-refractivity contribution in [2.24, 2.45) is 5.92 Å². The van der Waals surface area contributed by atoms with Crippen LogP contribution >= 0.6 is 11.8 Å². The van der Waals surface area contributed by atoms with E-state index in [9.17, 15) is 15.0 Å². The molecule has 4 rings (SSSR count). The van der Waals surface area contributed by atoms with Crippen molar-refractivity contribution in [1.29, 1.82) is 0 Å². The Hall–Kier alpha value is -3.02. The van der Waals surface area contributed by atoms with Crippen molar-refractivity contribution in [2.75, 3.05) is 24.2 Å². The van der Waals surface area contributed by atoms with E-state index in [1.54, 1.807) is 0 Å². The minimum atomic E-state index is -1.19. The van der Waals surface area contributed by atoms with Gasteiger partial charge in [-0.2, -0.15) is 0 Å². The van der Waals surface area contributed by atoms with Gasteiger partial charge in [-0.15, -0.1) is 5.10 Å². The number of thioether (sulfide) groups is 1. The Kier molecular flexibility index (Phi) is 8.32. The van der Waals surface area contributed by atoms with Crippen LogP contribution in [0, 0.1) is 5.92 Å². The van der Waals surface area contributed by atoms with Gasteiger partial charge in [0.25, 0.3) is 0 Å². The van der Waals surface area contributed by atoms with E-state index in [1.807, 2.05) is 49.4 Å². The summed E-state index contributed by atoms with van der Waals surface area (Å²) >= 11 is 1.53. The molecule has 1 aliphatic rings. The van der Waals surface area contributed by atoms with Crippen LogP contribution in [0.2, 0.25) is 0 Å². The zero-order valence-corrected chi connectivity index (χ0v) is 20.6. The normalized spacial score (nSPS) is 22.2. The highest BCUT2D eigenvalue weighted by Crippen LogP contribution is 2.37. The second-order valence-electron chi connectivity index (χ2n) is 8.39. The molecule has 1 saturated carbocycles. The first-order chi connectivity index (χ1) is 17.0. The average molecular weight is 498 g/mol. The maximum atomic E-state index is 12.4. The van der Waals surface area contributed by atoms with Crippen LogP contribution in [0.25, 0.3) is 17.2 Å². The van der Waals surface area contributed by atoms with Crippen molar-refractivity contribution in [3.05, 3.63) is 42.0 Å². The number of anilines is 1. The van der Waals surface area contributed by atoms with E-state index < -0.39 is 24.2 Å². The number of nitrogens with one attached hydrogen (secondary N) is 2. The number of carbonyl (C=O) groups excluding carboxylic acids is 1. The fraction of sp³-hybridized carbons (Fsp3) is 0.458. The zero-order valence-electron chi connectivity index (χ0n) is 19.8. The Morgan fingerprint density at radius 2 is 2.00 bits per heavy atom. The first-order valence-electron chi connectivity index (χ1n) is 11.9. The molecule has 1 amide bonds. The molecule has 4 atom stereocenters. The molecule has 0 saturated heterocycles. The van der Waals surface area contributed by atoms with Gasteiger partial charge < -0.3 is 20.8 Å². The van der Waals surface area contributed by atoms with E-state index in [1.165, 1.54) is 16.4 Å². The Labute approximate surface area is 208 Å². The van der Waals surface area contributed by atoms with Crippen LogP contribution in [0.4, 0.5) is 5.82 Å². The van der Waals surface area contributed by atoms with Crippen molar-refractivity contribution in [1.82, 2.24) is 30.3 Å². The molecular weight excluding hydrogens is 466 g/mol. The Morgan fingerprint density at radius 1 is 1.20 bits per heavy atom. The summed E-state index contributed by atoms with van der Waals surface area (Å²) in [5, 5.41) is 36.4. The minimum absolute atomic E-state index is 0.233. The average Bonchev–Trinajstić information content (AvgIpc) is 3.42. The highest BCUT2D eigenvalue weighted by Gasteiger charge is 2.47. The van der Waals surface area contributed by atoms with Gasteiger partial charge in [-0.1, -0.05) is 66.4 Å². The lowest BCUT2D eigenvalue weighted by Crippen LogP contribution is -2.38. The van der Waals surface area contributed by atoms with Crippen LogP contribution < -0.4 is 10.6 Å². The van der Waals surface area contributed by atoms with E-state index in [0.29, 0.717) is 35.2 Å². The number of aliphatic hydroxyl groups excluding tert-OH is 2. The highest BCUT2D eigenvalue weighted by molar-refractivity contribution is 7.99. The predicted octanol–water partition coefficient (Wildman–Crippen LogP) is 2.27. The summed E-state index contributed by atoms with van der Waals surface area (Å²) in [4.78, 5) is 21.7. The first-order valence-corrected chi connectivity index (χ1v) is 12.9. The van der Waals surface area contributed by atoms with Crippen molar-refractivity contribution >= 4 is 40.7 Å². The summed E-state index contributed by atoms with van der Waals surface area (Å²) < 4.78 is 1.52. The van der Waals surface area contributed by atoms with Gasteiger partial charge in [-0.05, 0) is 25.3 Å². The van der Waals surface area contributed by atoms with Crippen molar-refractivity contribution < 1.29 is 15.0 Å². The molecule has 11 heteroatoms. The number of rotatable bonds is 10. The van der Waals surface area contributed by atoms with Crippen LogP contribution in [0.15, 0.2) is 41.6 Å². The third-order valence-corrected chi connectivity index (χ3v) is 6.94. The lowest BCUT2D eigenvalue weighted by atomic mass is 10.0. The maximum Gasteiger partial charge on any atom is 0.225 e. The third-order valence-electron chi connectivity index (χ3n) is 5.89. The number of carbonyl (C=O) groups is 1. The molecule has 35 heavy (non-hydrogen) atoms. The fourth-order valence-corrected chi connectivity index (χ4v) is 4.84. The quantitative estimate of drug-likeness (QED) is 0.245. The second kappa shape index (κ2) is 11.6. The van der Waals surface area contributed by atoms with Crippen molar-refractivity contribution in [3.63, 3.8) is 0 Å². The number of fused-ring (bicyclic) bond motifs is 1. The molecule has 2 heterocycles. The maximum absolute atomic E-state index is 12.4. The van der Waals surface area contributed by atoms with Crippen LogP contribution in [0.5, 0.6) is 0 Å². The topological polar surface area (TPSA) is 138 Å². The summed E-state index contributed by atoms with van der Waals surface area (Å²) in [6, 6.07) is 9.38. The summed E-state index contributed by atoms with van der Waals surface area (Å²) in [7, 11) is 0. The number of aromatic nitrogens is 5.